The zero-order valence-corrected chi connectivity index (χ0v) is 12.4. The van der Waals surface area contributed by atoms with Crippen LogP contribution in [-0.4, -0.2) is 0 Å². The summed E-state index contributed by atoms with van der Waals surface area (Å²) in [4.78, 5) is 0. The van der Waals surface area contributed by atoms with Gasteiger partial charge in [-0.1, -0.05) is 70.4 Å². The van der Waals surface area contributed by atoms with Gasteiger partial charge < -0.3 is 0 Å². The SMILES string of the molecule is CCC(C=CCC1CCCCC1)C1CCCCC1. The van der Waals surface area contributed by atoms with Crippen molar-refractivity contribution in [3.8, 4) is 0 Å². The summed E-state index contributed by atoms with van der Waals surface area (Å²) in [6.07, 6.45) is 22.7. The van der Waals surface area contributed by atoms with Gasteiger partial charge in [-0.2, -0.15) is 0 Å². The van der Waals surface area contributed by atoms with Crippen LogP contribution in [0.3, 0.4) is 0 Å². The fourth-order valence-corrected chi connectivity index (χ4v) is 4.06. The highest BCUT2D eigenvalue weighted by Crippen LogP contribution is 2.33. The number of hydrogen-bond acceptors (Lipinski definition) is 0. The van der Waals surface area contributed by atoms with Crippen LogP contribution >= 0.6 is 0 Å². The maximum absolute atomic E-state index is 2.59. The maximum atomic E-state index is 2.59. The van der Waals surface area contributed by atoms with Crippen molar-refractivity contribution < 1.29 is 0 Å². The van der Waals surface area contributed by atoms with E-state index >= 15 is 0 Å². The molecule has 1 unspecified atom stereocenters. The molecule has 2 rings (SSSR count). The third-order valence-corrected chi connectivity index (χ3v) is 5.30. The molecule has 0 radical (unpaired) electrons. The lowest BCUT2D eigenvalue weighted by atomic mass is 9.78. The molecule has 0 spiro atoms. The van der Waals surface area contributed by atoms with Gasteiger partial charge in [-0.3, -0.25) is 0 Å². The summed E-state index contributed by atoms with van der Waals surface area (Å²) in [6, 6.07) is 0. The molecule has 0 aliphatic heterocycles. The molecule has 0 aromatic heterocycles. The molecule has 0 bridgehead atoms. The fourth-order valence-electron chi connectivity index (χ4n) is 4.06. The number of rotatable bonds is 5. The molecular formula is C18H32. The smallest absolute Gasteiger partial charge is 0.0208 e. The second-order valence-corrected chi connectivity index (χ2v) is 6.64. The molecule has 18 heavy (non-hydrogen) atoms. The van der Waals surface area contributed by atoms with Crippen LogP contribution in [-0.2, 0) is 0 Å². The van der Waals surface area contributed by atoms with Crippen molar-refractivity contribution in [2.24, 2.45) is 17.8 Å². The topological polar surface area (TPSA) is 0 Å². The van der Waals surface area contributed by atoms with Gasteiger partial charge in [0.05, 0.1) is 0 Å². The van der Waals surface area contributed by atoms with E-state index in [4.69, 9.17) is 0 Å². The summed E-state index contributed by atoms with van der Waals surface area (Å²) >= 11 is 0. The largest absolute Gasteiger partial charge is 0.0880 e. The van der Waals surface area contributed by atoms with Gasteiger partial charge in [0.25, 0.3) is 0 Å². The van der Waals surface area contributed by atoms with E-state index in [1.165, 1.54) is 77.0 Å². The Morgan fingerprint density at radius 1 is 0.889 bits per heavy atom. The second-order valence-electron chi connectivity index (χ2n) is 6.64. The van der Waals surface area contributed by atoms with Gasteiger partial charge in [0.1, 0.15) is 0 Å². The number of hydrogen-bond donors (Lipinski definition) is 0. The Balaban J connectivity index is 1.73. The van der Waals surface area contributed by atoms with E-state index in [-0.39, 0.29) is 0 Å². The normalized spacial score (nSPS) is 25.6. The molecule has 1 atom stereocenters. The monoisotopic (exact) mass is 248 g/mol. The third kappa shape index (κ3) is 4.44. The Morgan fingerprint density at radius 3 is 2.11 bits per heavy atom. The Kier molecular flexibility index (Phi) is 6.31. The lowest BCUT2D eigenvalue weighted by Gasteiger charge is -2.27. The summed E-state index contributed by atoms with van der Waals surface area (Å²) in [5, 5.41) is 0. The van der Waals surface area contributed by atoms with Gasteiger partial charge in [0.15, 0.2) is 0 Å². The predicted octanol–water partition coefficient (Wildman–Crippen LogP) is 6.12. The van der Waals surface area contributed by atoms with E-state index in [1.807, 2.05) is 0 Å². The summed E-state index contributed by atoms with van der Waals surface area (Å²) < 4.78 is 0. The van der Waals surface area contributed by atoms with Crippen molar-refractivity contribution in [2.75, 3.05) is 0 Å². The fraction of sp³-hybridized carbons (Fsp3) is 0.889. The Labute approximate surface area is 114 Å². The van der Waals surface area contributed by atoms with Gasteiger partial charge >= 0.3 is 0 Å². The average molecular weight is 248 g/mol. The molecule has 0 saturated heterocycles. The molecule has 2 aliphatic carbocycles. The maximum Gasteiger partial charge on any atom is -0.0208 e. The van der Waals surface area contributed by atoms with Crippen molar-refractivity contribution in [1.82, 2.24) is 0 Å². The van der Waals surface area contributed by atoms with E-state index in [0.29, 0.717) is 0 Å². The highest BCUT2D eigenvalue weighted by atomic mass is 14.3. The van der Waals surface area contributed by atoms with E-state index in [0.717, 1.165) is 17.8 Å². The van der Waals surface area contributed by atoms with Crippen molar-refractivity contribution in [3.05, 3.63) is 12.2 Å². The van der Waals surface area contributed by atoms with Gasteiger partial charge in [0, 0.05) is 0 Å². The van der Waals surface area contributed by atoms with E-state index in [1.54, 1.807) is 0 Å². The van der Waals surface area contributed by atoms with Crippen LogP contribution in [0.4, 0.5) is 0 Å². The van der Waals surface area contributed by atoms with Crippen molar-refractivity contribution in [2.45, 2.75) is 84.0 Å². The van der Waals surface area contributed by atoms with Crippen LogP contribution in [0.15, 0.2) is 12.2 Å². The van der Waals surface area contributed by atoms with Crippen molar-refractivity contribution in [3.63, 3.8) is 0 Å². The van der Waals surface area contributed by atoms with Crippen LogP contribution in [0.2, 0.25) is 0 Å². The van der Waals surface area contributed by atoms with E-state index in [9.17, 15) is 0 Å². The van der Waals surface area contributed by atoms with Crippen LogP contribution in [0.25, 0.3) is 0 Å². The first-order valence-electron chi connectivity index (χ1n) is 8.56. The first kappa shape index (κ1) is 14.2. The summed E-state index contributed by atoms with van der Waals surface area (Å²) in [5.74, 6) is 2.90. The second kappa shape index (κ2) is 8.02. The highest BCUT2D eigenvalue weighted by Gasteiger charge is 2.20. The minimum Gasteiger partial charge on any atom is -0.0880 e. The minimum atomic E-state index is 0.883. The molecule has 2 fully saturated rings. The van der Waals surface area contributed by atoms with Crippen LogP contribution in [0.1, 0.15) is 84.0 Å². The molecular weight excluding hydrogens is 216 g/mol. The molecule has 0 heterocycles. The van der Waals surface area contributed by atoms with Gasteiger partial charge in [-0.05, 0) is 43.4 Å². The molecule has 0 nitrogen and oxygen atoms in total. The lowest BCUT2D eigenvalue weighted by Crippen LogP contribution is -2.15. The van der Waals surface area contributed by atoms with E-state index < -0.39 is 0 Å². The zero-order chi connectivity index (χ0) is 12.6. The van der Waals surface area contributed by atoms with Crippen LogP contribution in [0.5, 0.6) is 0 Å². The zero-order valence-electron chi connectivity index (χ0n) is 12.4. The van der Waals surface area contributed by atoms with Gasteiger partial charge in [0.2, 0.25) is 0 Å². The Bertz CT molecular complexity index is 228. The standard InChI is InChI=1S/C18H32/c1-2-17(18-13-7-4-8-14-18)15-9-12-16-10-5-3-6-11-16/h9,15-18H,2-8,10-14H2,1H3. The third-order valence-electron chi connectivity index (χ3n) is 5.30. The molecule has 0 aromatic rings. The molecule has 0 aromatic carbocycles. The minimum absolute atomic E-state index is 0.883. The molecule has 2 saturated carbocycles. The van der Waals surface area contributed by atoms with Gasteiger partial charge in [-0.25, -0.2) is 0 Å². The summed E-state index contributed by atoms with van der Waals surface area (Å²) in [6.45, 7) is 2.38. The van der Waals surface area contributed by atoms with Crippen LogP contribution < -0.4 is 0 Å². The van der Waals surface area contributed by atoms with Crippen molar-refractivity contribution >= 4 is 0 Å². The molecule has 2 aliphatic rings. The molecule has 0 amide bonds. The lowest BCUT2D eigenvalue weighted by molar-refractivity contribution is 0.280. The molecule has 104 valence electrons. The molecule has 0 heteroatoms. The quantitative estimate of drug-likeness (QED) is 0.514. The van der Waals surface area contributed by atoms with Crippen molar-refractivity contribution in [1.29, 1.82) is 0 Å². The molecule has 0 N–H and O–H groups in total. The Morgan fingerprint density at radius 2 is 1.50 bits per heavy atom. The Hall–Kier alpha value is -0.260. The first-order chi connectivity index (χ1) is 8.90. The average Bonchev–Trinajstić information content (AvgIpc) is 2.46. The summed E-state index contributed by atoms with van der Waals surface area (Å²) in [7, 11) is 0. The summed E-state index contributed by atoms with van der Waals surface area (Å²) in [5.41, 5.74) is 0. The highest BCUT2D eigenvalue weighted by molar-refractivity contribution is 4.93. The number of allylic oxidation sites excluding steroid dienone is 2. The van der Waals surface area contributed by atoms with E-state index in [2.05, 4.69) is 19.1 Å². The predicted molar refractivity (Wildman–Crippen MR) is 80.7 cm³/mol. The van der Waals surface area contributed by atoms with Gasteiger partial charge in [-0.15, -0.1) is 0 Å². The van der Waals surface area contributed by atoms with Crippen LogP contribution in [0, 0.1) is 17.8 Å². The first-order valence-corrected chi connectivity index (χ1v) is 8.56.